The maximum absolute atomic E-state index is 14.3. The largest absolute Gasteiger partial charge is 0.362 e. The average Bonchev–Trinajstić information content (AvgIpc) is 3.53. The van der Waals surface area contributed by atoms with Crippen molar-refractivity contribution < 1.29 is 4.39 Å². The fraction of sp³-hybridized carbons (Fsp3) is 0.111. The van der Waals surface area contributed by atoms with Crippen molar-refractivity contribution in [1.29, 1.82) is 0 Å². The zero-order valence-corrected chi connectivity index (χ0v) is 19.6. The van der Waals surface area contributed by atoms with E-state index in [1.54, 1.807) is 44.5 Å². The Bertz CT molecular complexity index is 1800. The first kappa shape index (κ1) is 21.7. The van der Waals surface area contributed by atoms with Crippen LogP contribution in [0, 0.1) is 5.82 Å². The fourth-order valence-corrected chi connectivity index (χ4v) is 4.62. The Morgan fingerprint density at radius 2 is 1.86 bits per heavy atom. The molecule has 0 aliphatic rings. The van der Waals surface area contributed by atoms with Gasteiger partial charge in [-0.05, 0) is 48.2 Å². The van der Waals surface area contributed by atoms with Crippen LogP contribution in [0.2, 0.25) is 0 Å². The number of benzene rings is 2. The number of rotatable bonds is 5. The zero-order chi connectivity index (χ0) is 24.8. The molecule has 1 unspecified atom stereocenters. The smallest absolute Gasteiger partial charge is 0.263 e. The number of aryl methyl sites for hydroxylation is 1. The Hall–Kier alpha value is -4.79. The van der Waals surface area contributed by atoms with Crippen molar-refractivity contribution in [2.75, 3.05) is 5.32 Å². The summed E-state index contributed by atoms with van der Waals surface area (Å²) in [6.45, 7) is 1.96. The van der Waals surface area contributed by atoms with Gasteiger partial charge in [-0.25, -0.2) is 9.37 Å². The Morgan fingerprint density at radius 1 is 1.00 bits per heavy atom. The van der Waals surface area contributed by atoms with Crippen molar-refractivity contribution in [1.82, 2.24) is 28.9 Å². The number of hydrogen-bond donors (Lipinski definition) is 1. The molecule has 0 amide bonds. The van der Waals surface area contributed by atoms with Gasteiger partial charge in [0.1, 0.15) is 11.6 Å². The van der Waals surface area contributed by atoms with Crippen molar-refractivity contribution >= 4 is 22.2 Å². The summed E-state index contributed by atoms with van der Waals surface area (Å²) in [5.74, 6) is 0.305. The van der Waals surface area contributed by atoms with E-state index in [0.717, 1.165) is 22.3 Å². The number of pyridine rings is 1. The second-order valence-electron chi connectivity index (χ2n) is 8.66. The molecule has 0 saturated heterocycles. The molecule has 0 spiro atoms. The highest BCUT2D eigenvalue weighted by Gasteiger charge is 2.20. The third-order valence-corrected chi connectivity index (χ3v) is 6.26. The SMILES string of the molecule is CC(Nc1ccnc2ccnn12)c1cc2cccc(-c3cnn(C)c3)c2c(=O)n1-c1cccc(F)c1. The van der Waals surface area contributed by atoms with Gasteiger partial charge in [0.15, 0.2) is 5.65 Å². The predicted molar refractivity (Wildman–Crippen MR) is 137 cm³/mol. The van der Waals surface area contributed by atoms with Gasteiger partial charge in [-0.1, -0.05) is 24.3 Å². The van der Waals surface area contributed by atoms with Gasteiger partial charge in [0.25, 0.3) is 5.56 Å². The monoisotopic (exact) mass is 479 g/mol. The summed E-state index contributed by atoms with van der Waals surface area (Å²) in [4.78, 5) is 18.5. The van der Waals surface area contributed by atoms with Crippen LogP contribution in [0.3, 0.4) is 0 Å². The predicted octanol–water partition coefficient (Wildman–Crippen LogP) is 4.75. The number of fused-ring (bicyclic) bond motifs is 2. The molecule has 2 aromatic carbocycles. The van der Waals surface area contributed by atoms with E-state index < -0.39 is 5.82 Å². The van der Waals surface area contributed by atoms with E-state index >= 15 is 0 Å². The first-order valence-electron chi connectivity index (χ1n) is 11.5. The minimum Gasteiger partial charge on any atom is -0.362 e. The van der Waals surface area contributed by atoms with Crippen LogP contribution in [0.15, 0.2) is 90.2 Å². The summed E-state index contributed by atoms with van der Waals surface area (Å²) in [6.07, 6.45) is 6.98. The standard InChI is InChI=1S/C27H22FN7O/c1-17(32-25-9-11-29-24-10-12-30-35(24)25)23-13-18-5-3-8-22(19-15-31-33(2)16-19)26(18)27(36)34(23)21-7-4-6-20(28)14-21/h3-17,32H,1-2H3. The number of aromatic nitrogens is 6. The minimum atomic E-state index is -0.418. The number of halogens is 1. The molecule has 1 N–H and O–H groups in total. The summed E-state index contributed by atoms with van der Waals surface area (Å²) in [5, 5.41) is 13.4. The number of nitrogens with one attached hydrogen (secondary N) is 1. The molecule has 1 atom stereocenters. The van der Waals surface area contributed by atoms with Crippen LogP contribution in [0.25, 0.3) is 33.2 Å². The lowest BCUT2D eigenvalue weighted by atomic mass is 9.99. The van der Waals surface area contributed by atoms with E-state index in [1.807, 2.05) is 56.6 Å². The average molecular weight is 480 g/mol. The molecule has 0 fully saturated rings. The molecule has 4 aromatic heterocycles. The van der Waals surface area contributed by atoms with Crippen molar-refractivity contribution in [2.24, 2.45) is 7.05 Å². The van der Waals surface area contributed by atoms with Crippen LogP contribution in [0.4, 0.5) is 10.2 Å². The van der Waals surface area contributed by atoms with Crippen LogP contribution >= 0.6 is 0 Å². The van der Waals surface area contributed by atoms with Crippen molar-refractivity contribution in [3.63, 3.8) is 0 Å². The molecular formula is C27H22FN7O. The third kappa shape index (κ3) is 3.61. The van der Waals surface area contributed by atoms with E-state index in [1.165, 1.54) is 12.1 Å². The third-order valence-electron chi connectivity index (χ3n) is 6.26. The molecule has 36 heavy (non-hydrogen) atoms. The van der Waals surface area contributed by atoms with Gasteiger partial charge < -0.3 is 5.32 Å². The van der Waals surface area contributed by atoms with Gasteiger partial charge in [0.2, 0.25) is 0 Å². The molecule has 4 heterocycles. The van der Waals surface area contributed by atoms with Gasteiger partial charge >= 0.3 is 0 Å². The lowest BCUT2D eigenvalue weighted by molar-refractivity contribution is 0.625. The van der Waals surface area contributed by atoms with Gasteiger partial charge in [-0.3, -0.25) is 14.0 Å². The molecule has 0 aliphatic heterocycles. The summed E-state index contributed by atoms with van der Waals surface area (Å²) < 4.78 is 19.3. The number of anilines is 1. The van der Waals surface area contributed by atoms with Crippen LogP contribution in [-0.4, -0.2) is 28.9 Å². The van der Waals surface area contributed by atoms with E-state index in [0.29, 0.717) is 22.4 Å². The van der Waals surface area contributed by atoms with Crippen LogP contribution in [0.1, 0.15) is 18.7 Å². The molecule has 6 rings (SSSR count). The minimum absolute atomic E-state index is 0.236. The van der Waals surface area contributed by atoms with Crippen molar-refractivity contribution in [3.8, 4) is 16.8 Å². The molecule has 0 saturated carbocycles. The molecule has 0 bridgehead atoms. The molecule has 9 heteroatoms. The Kier molecular flexibility index (Phi) is 5.10. The summed E-state index contributed by atoms with van der Waals surface area (Å²) in [7, 11) is 1.83. The normalized spacial score (nSPS) is 12.3. The van der Waals surface area contributed by atoms with Gasteiger partial charge in [0, 0.05) is 36.8 Å². The molecular weight excluding hydrogens is 457 g/mol. The lowest BCUT2D eigenvalue weighted by Gasteiger charge is -2.22. The van der Waals surface area contributed by atoms with Gasteiger partial charge in [-0.15, -0.1) is 0 Å². The van der Waals surface area contributed by atoms with Crippen LogP contribution in [0.5, 0.6) is 0 Å². The van der Waals surface area contributed by atoms with Crippen molar-refractivity contribution in [2.45, 2.75) is 13.0 Å². The highest BCUT2D eigenvalue weighted by molar-refractivity contribution is 5.96. The first-order valence-corrected chi connectivity index (χ1v) is 11.5. The Labute approximate surface area is 205 Å². The first-order chi connectivity index (χ1) is 17.5. The Morgan fingerprint density at radius 3 is 2.67 bits per heavy atom. The van der Waals surface area contributed by atoms with Crippen molar-refractivity contribution in [3.05, 3.63) is 107 Å². The quantitative estimate of drug-likeness (QED) is 0.386. The maximum Gasteiger partial charge on any atom is 0.263 e. The number of hydrogen-bond acceptors (Lipinski definition) is 5. The highest BCUT2D eigenvalue weighted by atomic mass is 19.1. The Balaban J connectivity index is 1.59. The van der Waals surface area contributed by atoms with E-state index in [2.05, 4.69) is 20.5 Å². The summed E-state index contributed by atoms with van der Waals surface area (Å²) >= 11 is 0. The van der Waals surface area contributed by atoms with E-state index in [9.17, 15) is 9.18 Å². The highest BCUT2D eigenvalue weighted by Crippen LogP contribution is 2.30. The molecule has 178 valence electrons. The molecule has 0 radical (unpaired) electrons. The van der Waals surface area contributed by atoms with Crippen LogP contribution in [-0.2, 0) is 7.05 Å². The summed E-state index contributed by atoms with van der Waals surface area (Å²) in [6, 6.07) is 17.1. The second kappa shape index (κ2) is 8.46. The summed E-state index contributed by atoms with van der Waals surface area (Å²) in [5.41, 5.74) is 3.21. The lowest BCUT2D eigenvalue weighted by Crippen LogP contribution is -2.26. The molecule has 8 nitrogen and oxygen atoms in total. The topological polar surface area (TPSA) is 82.0 Å². The zero-order valence-electron chi connectivity index (χ0n) is 19.6. The van der Waals surface area contributed by atoms with E-state index in [4.69, 9.17) is 0 Å². The van der Waals surface area contributed by atoms with E-state index in [-0.39, 0.29) is 11.6 Å². The fourth-order valence-electron chi connectivity index (χ4n) is 4.62. The second-order valence-corrected chi connectivity index (χ2v) is 8.66. The van der Waals surface area contributed by atoms with Crippen LogP contribution < -0.4 is 10.9 Å². The molecule has 0 aliphatic carbocycles. The van der Waals surface area contributed by atoms with Gasteiger partial charge in [0.05, 0.1) is 29.5 Å². The molecule has 6 aromatic rings. The maximum atomic E-state index is 14.3. The number of nitrogens with zero attached hydrogens (tertiary/aromatic N) is 6. The van der Waals surface area contributed by atoms with Gasteiger partial charge in [-0.2, -0.15) is 14.7 Å².